The van der Waals surface area contributed by atoms with Crippen LogP contribution in [-0.2, 0) is 0 Å². The zero-order valence-corrected chi connectivity index (χ0v) is 2.57. The van der Waals surface area contributed by atoms with Crippen LogP contribution in [0.15, 0.2) is 0 Å². The van der Waals surface area contributed by atoms with Crippen molar-refractivity contribution in [3.8, 4) is 0 Å². The molecule has 0 aliphatic carbocycles. The van der Waals surface area contributed by atoms with Crippen LogP contribution in [0.3, 0.4) is 0 Å². The Balaban J connectivity index is 2.80. The van der Waals surface area contributed by atoms with Gasteiger partial charge >= 0.3 is 0 Å². The molecule has 1 nitrogen and oxygen atoms in total. The average Bonchev–Trinajstić information content (AvgIpc) is 0.811. The Bertz CT molecular complexity index is 26.3. The molecule has 0 aromatic carbocycles. The SMILES string of the molecule is [CH2][N+]([CH2])=C. The topological polar surface area (TPSA) is 3.01 Å². The largest absolute Gasteiger partial charge is 0.229 e. The van der Waals surface area contributed by atoms with Gasteiger partial charge in [0.25, 0.3) is 0 Å². The van der Waals surface area contributed by atoms with E-state index in [2.05, 4.69) is 20.8 Å². The van der Waals surface area contributed by atoms with Gasteiger partial charge in [-0.2, -0.15) is 0 Å². The van der Waals surface area contributed by atoms with Crippen LogP contribution in [0.4, 0.5) is 0 Å². The summed E-state index contributed by atoms with van der Waals surface area (Å²) in [6, 6.07) is 0. The number of hydrogen-bond donors (Lipinski definition) is 0. The van der Waals surface area contributed by atoms with E-state index in [0.29, 0.717) is 0 Å². The third kappa shape index (κ3) is 6.88. The molecule has 0 aromatic rings. The first-order chi connectivity index (χ1) is 1.73. The summed E-state index contributed by atoms with van der Waals surface area (Å²) in [6.07, 6.45) is 0. The third-order valence-electron chi connectivity index (χ3n) is 0. The molecule has 0 heterocycles. The van der Waals surface area contributed by atoms with Gasteiger partial charge in [-0.25, -0.2) is 4.58 Å². The van der Waals surface area contributed by atoms with E-state index in [9.17, 15) is 0 Å². The summed E-state index contributed by atoms with van der Waals surface area (Å²) in [5.41, 5.74) is 0. The van der Waals surface area contributed by atoms with Crippen LogP contribution in [0.2, 0.25) is 0 Å². The van der Waals surface area contributed by atoms with Crippen molar-refractivity contribution in [3.63, 3.8) is 0 Å². The lowest BCUT2D eigenvalue weighted by molar-refractivity contribution is -0.384. The highest BCUT2D eigenvalue weighted by Gasteiger charge is 1.57. The van der Waals surface area contributed by atoms with Crippen LogP contribution in [0.25, 0.3) is 0 Å². The number of nitrogens with zero attached hydrogens (tertiary/aromatic N) is 1. The van der Waals surface area contributed by atoms with Gasteiger partial charge in [0.2, 0.25) is 14.1 Å². The van der Waals surface area contributed by atoms with Crippen molar-refractivity contribution in [2.75, 3.05) is 0 Å². The van der Waals surface area contributed by atoms with Gasteiger partial charge in [0.15, 0.2) is 0 Å². The molecule has 1 heteroatoms. The smallest absolute Gasteiger partial charge is 0.200 e. The van der Waals surface area contributed by atoms with Crippen molar-refractivity contribution < 1.29 is 4.58 Å². The van der Waals surface area contributed by atoms with Gasteiger partial charge in [-0.1, -0.05) is 0 Å². The fourth-order valence-corrected chi connectivity index (χ4v) is 0. The highest BCUT2D eigenvalue weighted by molar-refractivity contribution is 5.14. The normalized spacial score (nSPS) is 6.50. The Morgan fingerprint density at radius 2 is 1.25 bits per heavy atom. The van der Waals surface area contributed by atoms with Crippen LogP contribution in [0, 0.1) is 14.1 Å². The van der Waals surface area contributed by atoms with Gasteiger partial charge in [0.05, 0.1) is 0 Å². The van der Waals surface area contributed by atoms with E-state index in [-0.39, 0.29) is 0 Å². The molecule has 0 saturated heterocycles. The first kappa shape index (κ1) is 3.67. The zero-order chi connectivity index (χ0) is 3.58. The molecule has 4 heavy (non-hydrogen) atoms. The molecular formula is C3H6N+. The quantitative estimate of drug-likeness (QED) is 0.277. The maximum absolute atomic E-state index is 3.25. The monoisotopic (exact) mass is 56.0 g/mol. The fourth-order valence-electron chi connectivity index (χ4n) is 0. The van der Waals surface area contributed by atoms with Crippen molar-refractivity contribution in [2.24, 2.45) is 0 Å². The highest BCUT2D eigenvalue weighted by Crippen LogP contribution is 1.43. The summed E-state index contributed by atoms with van der Waals surface area (Å²) in [7, 11) is 6.50. The minimum atomic E-state index is 1.25. The second-order valence-corrected chi connectivity index (χ2v) is 0.671. The van der Waals surface area contributed by atoms with Crippen LogP contribution >= 0.6 is 0 Å². The lowest BCUT2D eigenvalue weighted by Gasteiger charge is -1.62. The lowest BCUT2D eigenvalue weighted by atomic mass is 11.1. The Morgan fingerprint density at radius 1 is 1.25 bits per heavy atom. The van der Waals surface area contributed by atoms with Crippen LogP contribution in [0.5, 0.6) is 0 Å². The van der Waals surface area contributed by atoms with Crippen molar-refractivity contribution in [3.05, 3.63) is 14.1 Å². The average molecular weight is 56.1 g/mol. The van der Waals surface area contributed by atoms with E-state index in [1.807, 2.05) is 0 Å². The fraction of sp³-hybridized carbons (Fsp3) is 0. The van der Waals surface area contributed by atoms with Crippen molar-refractivity contribution in [2.45, 2.75) is 0 Å². The third-order valence-corrected chi connectivity index (χ3v) is 0. The summed E-state index contributed by atoms with van der Waals surface area (Å²) in [4.78, 5) is 0. The molecule has 0 N–H and O–H groups in total. The van der Waals surface area contributed by atoms with Crippen LogP contribution in [0.1, 0.15) is 0 Å². The Kier molecular flexibility index (Phi) is 0.958. The maximum Gasteiger partial charge on any atom is 0.200 e. The van der Waals surface area contributed by atoms with E-state index in [4.69, 9.17) is 0 Å². The zero-order valence-electron chi connectivity index (χ0n) is 2.57. The molecule has 0 aliphatic heterocycles. The van der Waals surface area contributed by atoms with Crippen molar-refractivity contribution >= 4 is 6.72 Å². The van der Waals surface area contributed by atoms with E-state index in [1.165, 1.54) is 4.58 Å². The van der Waals surface area contributed by atoms with Gasteiger partial charge in [-0.15, -0.1) is 0 Å². The number of rotatable bonds is 0. The molecule has 0 saturated carbocycles. The van der Waals surface area contributed by atoms with Gasteiger partial charge in [-0.05, 0) is 0 Å². The molecular weight excluding hydrogens is 50.0 g/mol. The molecule has 0 aromatic heterocycles. The summed E-state index contributed by atoms with van der Waals surface area (Å²) >= 11 is 0. The minimum absolute atomic E-state index is 1.25. The van der Waals surface area contributed by atoms with Gasteiger partial charge < -0.3 is 0 Å². The Labute approximate surface area is 26.6 Å². The molecule has 0 fully saturated rings. The van der Waals surface area contributed by atoms with Crippen molar-refractivity contribution in [1.82, 2.24) is 0 Å². The van der Waals surface area contributed by atoms with Gasteiger partial charge in [-0.3, -0.25) is 0 Å². The molecule has 0 rings (SSSR count). The van der Waals surface area contributed by atoms with Gasteiger partial charge in [0.1, 0.15) is 6.72 Å². The second kappa shape index (κ2) is 1.04. The summed E-state index contributed by atoms with van der Waals surface area (Å²) < 4.78 is 1.25. The summed E-state index contributed by atoms with van der Waals surface area (Å²) in [5.74, 6) is 0. The van der Waals surface area contributed by atoms with Crippen LogP contribution < -0.4 is 0 Å². The summed E-state index contributed by atoms with van der Waals surface area (Å²) in [5, 5.41) is 0. The minimum Gasteiger partial charge on any atom is -0.229 e. The van der Waals surface area contributed by atoms with Crippen LogP contribution in [-0.4, -0.2) is 11.3 Å². The molecule has 0 atom stereocenters. The van der Waals surface area contributed by atoms with E-state index >= 15 is 0 Å². The van der Waals surface area contributed by atoms with E-state index < -0.39 is 0 Å². The molecule has 0 bridgehead atoms. The first-order valence-corrected chi connectivity index (χ1v) is 0.949. The maximum atomic E-state index is 3.25. The molecule has 0 unspecified atom stereocenters. The molecule has 2 radical (unpaired) electrons. The standard InChI is InChI=1S/C3H6N/c1-4(2)3/h1-3H2/q+1. The predicted octanol–water partition coefficient (Wildman–Crippen LogP) is 0.283. The second-order valence-electron chi connectivity index (χ2n) is 0.671. The molecule has 22 valence electrons. The Morgan fingerprint density at radius 3 is 1.25 bits per heavy atom. The predicted molar refractivity (Wildman–Crippen MR) is 18.1 cm³/mol. The number of hydrogen-bond acceptors (Lipinski definition) is 0. The molecule has 0 spiro atoms. The highest BCUT2D eigenvalue weighted by atomic mass is 14.9. The van der Waals surface area contributed by atoms with E-state index in [1.54, 1.807) is 0 Å². The summed E-state index contributed by atoms with van der Waals surface area (Å²) in [6.45, 7) is 3.25. The van der Waals surface area contributed by atoms with Crippen molar-refractivity contribution in [1.29, 1.82) is 0 Å². The van der Waals surface area contributed by atoms with E-state index in [0.717, 1.165) is 0 Å². The Hall–Kier alpha value is -0.330. The molecule has 0 amide bonds. The first-order valence-electron chi connectivity index (χ1n) is 0.949. The molecule has 0 aliphatic rings. The lowest BCUT2D eigenvalue weighted by Crippen LogP contribution is -1.76. The van der Waals surface area contributed by atoms with Gasteiger partial charge in [0, 0.05) is 0 Å².